The van der Waals surface area contributed by atoms with Crippen molar-refractivity contribution in [1.29, 1.82) is 0 Å². The minimum Gasteiger partial charge on any atom is -0.261 e. The van der Waals surface area contributed by atoms with Crippen LogP contribution in [0.1, 0.15) is 11.4 Å². The van der Waals surface area contributed by atoms with E-state index in [-0.39, 0.29) is 10.7 Å². The van der Waals surface area contributed by atoms with Gasteiger partial charge in [-0.3, -0.25) is 9.82 Å². The molecule has 0 unspecified atom stereocenters. The molecule has 0 spiro atoms. The van der Waals surface area contributed by atoms with Crippen molar-refractivity contribution >= 4 is 26.9 Å². The van der Waals surface area contributed by atoms with Crippen molar-refractivity contribution in [2.75, 3.05) is 4.72 Å². The van der Waals surface area contributed by atoms with E-state index in [1.807, 2.05) is 37.3 Å². The molecule has 0 atom stereocenters. The number of H-pyrrole nitrogens is 1. The molecule has 0 radical (unpaired) electrons. The van der Waals surface area contributed by atoms with Crippen LogP contribution < -0.4 is 4.72 Å². The van der Waals surface area contributed by atoms with Gasteiger partial charge in [0.2, 0.25) is 0 Å². The van der Waals surface area contributed by atoms with Crippen molar-refractivity contribution in [3.63, 3.8) is 0 Å². The van der Waals surface area contributed by atoms with Crippen molar-refractivity contribution in [2.45, 2.75) is 18.7 Å². The molecule has 4 aromatic rings. The molecule has 0 aliphatic heterocycles. The highest BCUT2D eigenvalue weighted by molar-refractivity contribution is 7.92. The van der Waals surface area contributed by atoms with E-state index in [0.29, 0.717) is 22.6 Å². The number of rotatable bonds is 4. The Hall–Kier alpha value is -3.26. The van der Waals surface area contributed by atoms with Gasteiger partial charge in [-0.05, 0) is 26.0 Å². The van der Waals surface area contributed by atoms with E-state index in [4.69, 9.17) is 0 Å². The molecule has 0 aliphatic rings. The molecule has 2 heterocycles. The molecule has 2 N–H and O–H groups in total. The van der Waals surface area contributed by atoms with E-state index in [2.05, 4.69) is 24.9 Å². The molecule has 0 amide bonds. The topological polar surface area (TPSA) is 101 Å². The van der Waals surface area contributed by atoms with Gasteiger partial charge in [0.1, 0.15) is 5.82 Å². The molecule has 136 valence electrons. The average molecular weight is 379 g/mol. The third-order valence-corrected chi connectivity index (χ3v) is 5.50. The first-order chi connectivity index (χ1) is 12.9. The van der Waals surface area contributed by atoms with Gasteiger partial charge in [-0.25, -0.2) is 18.4 Å². The van der Waals surface area contributed by atoms with Gasteiger partial charge < -0.3 is 0 Å². The quantitative estimate of drug-likeness (QED) is 0.566. The minimum atomic E-state index is -3.79. The van der Waals surface area contributed by atoms with Crippen LogP contribution in [-0.4, -0.2) is 28.6 Å². The fourth-order valence-corrected chi connectivity index (χ4v) is 3.84. The second-order valence-corrected chi connectivity index (χ2v) is 7.88. The number of sulfonamides is 1. The van der Waals surface area contributed by atoms with E-state index in [1.165, 1.54) is 0 Å². The lowest BCUT2D eigenvalue weighted by Gasteiger charge is -2.08. The number of anilines is 1. The first-order valence-corrected chi connectivity index (χ1v) is 9.80. The standard InChI is InChI=1S/C19H17N5O2S/c1-12-8-10-15(11-9-12)27(25,26)24-19-16-17(14-6-4-3-5-7-14)20-13(2)21-18(16)22-23-19/h3-11H,1-2H3,(H2,20,21,22,23,24). The van der Waals surface area contributed by atoms with E-state index in [1.54, 1.807) is 31.2 Å². The monoisotopic (exact) mass is 379 g/mol. The highest BCUT2D eigenvalue weighted by atomic mass is 32.2. The maximum absolute atomic E-state index is 12.8. The van der Waals surface area contributed by atoms with Gasteiger partial charge in [0, 0.05) is 5.56 Å². The zero-order valence-corrected chi connectivity index (χ0v) is 15.6. The number of hydrogen-bond acceptors (Lipinski definition) is 5. The molecule has 0 bridgehead atoms. The summed E-state index contributed by atoms with van der Waals surface area (Å²) in [6, 6.07) is 16.1. The van der Waals surface area contributed by atoms with Gasteiger partial charge in [-0.15, -0.1) is 0 Å². The van der Waals surface area contributed by atoms with Gasteiger partial charge in [-0.1, -0.05) is 48.0 Å². The number of aromatic nitrogens is 4. The number of nitrogens with zero attached hydrogens (tertiary/aromatic N) is 3. The molecule has 0 aliphatic carbocycles. The van der Waals surface area contributed by atoms with Crippen LogP contribution in [0.3, 0.4) is 0 Å². The fourth-order valence-electron chi connectivity index (χ4n) is 2.82. The third kappa shape index (κ3) is 3.26. The van der Waals surface area contributed by atoms with E-state index in [0.717, 1.165) is 11.1 Å². The van der Waals surface area contributed by atoms with E-state index < -0.39 is 10.0 Å². The number of aryl methyl sites for hydroxylation is 2. The van der Waals surface area contributed by atoms with E-state index in [9.17, 15) is 8.42 Å². The summed E-state index contributed by atoms with van der Waals surface area (Å²) in [5, 5.41) is 7.46. The van der Waals surface area contributed by atoms with Gasteiger partial charge in [0.15, 0.2) is 11.5 Å². The molecule has 0 saturated heterocycles. The predicted octanol–water partition coefficient (Wildman–Crippen LogP) is 3.44. The summed E-state index contributed by atoms with van der Waals surface area (Å²) in [5.41, 5.74) is 2.93. The number of nitrogens with one attached hydrogen (secondary N) is 2. The van der Waals surface area contributed by atoms with Gasteiger partial charge >= 0.3 is 0 Å². The number of aromatic amines is 1. The van der Waals surface area contributed by atoms with Gasteiger partial charge in [0.05, 0.1) is 16.0 Å². The molecule has 2 aromatic carbocycles. The molecule has 7 nitrogen and oxygen atoms in total. The predicted molar refractivity (Wildman–Crippen MR) is 104 cm³/mol. The smallest absolute Gasteiger partial charge is 0.261 e. The maximum Gasteiger partial charge on any atom is 0.263 e. The second-order valence-electron chi connectivity index (χ2n) is 6.20. The summed E-state index contributed by atoms with van der Waals surface area (Å²) in [6.45, 7) is 3.68. The molecule has 27 heavy (non-hydrogen) atoms. The lowest BCUT2D eigenvalue weighted by molar-refractivity contribution is 0.601. The highest BCUT2D eigenvalue weighted by Gasteiger charge is 2.21. The third-order valence-electron chi connectivity index (χ3n) is 4.14. The molecule has 8 heteroatoms. The molecule has 0 saturated carbocycles. The van der Waals surface area contributed by atoms with Crippen LogP contribution in [0.2, 0.25) is 0 Å². The summed E-state index contributed by atoms with van der Waals surface area (Å²) >= 11 is 0. The molecular weight excluding hydrogens is 362 g/mol. The Kier molecular flexibility index (Phi) is 4.12. The first-order valence-electron chi connectivity index (χ1n) is 8.32. The Morgan fingerprint density at radius 1 is 0.926 bits per heavy atom. The number of hydrogen-bond donors (Lipinski definition) is 2. The Morgan fingerprint density at radius 3 is 2.33 bits per heavy atom. The van der Waals surface area contributed by atoms with Crippen LogP contribution in [0.25, 0.3) is 22.3 Å². The Labute approximate surface area is 156 Å². The second kappa shape index (κ2) is 6.48. The van der Waals surface area contributed by atoms with Crippen LogP contribution >= 0.6 is 0 Å². The minimum absolute atomic E-state index is 0.165. The molecular formula is C19H17N5O2S. The summed E-state index contributed by atoms with van der Waals surface area (Å²) in [6.07, 6.45) is 0. The highest BCUT2D eigenvalue weighted by Crippen LogP contribution is 2.31. The molecule has 2 aromatic heterocycles. The van der Waals surface area contributed by atoms with Crippen LogP contribution in [0, 0.1) is 13.8 Å². The Morgan fingerprint density at radius 2 is 1.63 bits per heavy atom. The number of fused-ring (bicyclic) bond motifs is 1. The lowest BCUT2D eigenvalue weighted by atomic mass is 10.1. The Bertz CT molecular complexity index is 1220. The first kappa shape index (κ1) is 17.2. The van der Waals surface area contributed by atoms with Crippen molar-refractivity contribution in [3.8, 4) is 11.3 Å². The van der Waals surface area contributed by atoms with Gasteiger partial charge in [0.25, 0.3) is 10.0 Å². The molecule has 4 rings (SSSR count). The normalized spacial score (nSPS) is 11.6. The van der Waals surface area contributed by atoms with Crippen molar-refractivity contribution < 1.29 is 8.42 Å². The van der Waals surface area contributed by atoms with Crippen LogP contribution in [-0.2, 0) is 10.0 Å². The summed E-state index contributed by atoms with van der Waals surface area (Å²) in [5.74, 6) is 0.738. The lowest BCUT2D eigenvalue weighted by Crippen LogP contribution is -2.13. The van der Waals surface area contributed by atoms with Crippen molar-refractivity contribution in [2.24, 2.45) is 0 Å². The van der Waals surface area contributed by atoms with Crippen molar-refractivity contribution in [1.82, 2.24) is 20.2 Å². The zero-order valence-electron chi connectivity index (χ0n) is 14.8. The summed E-state index contributed by atoms with van der Waals surface area (Å²) in [7, 11) is -3.79. The van der Waals surface area contributed by atoms with E-state index >= 15 is 0 Å². The maximum atomic E-state index is 12.8. The van der Waals surface area contributed by atoms with Gasteiger partial charge in [-0.2, -0.15) is 5.10 Å². The Balaban J connectivity index is 1.85. The zero-order chi connectivity index (χ0) is 19.0. The van der Waals surface area contributed by atoms with Crippen LogP contribution in [0.5, 0.6) is 0 Å². The van der Waals surface area contributed by atoms with Crippen LogP contribution in [0.15, 0.2) is 59.5 Å². The summed E-state index contributed by atoms with van der Waals surface area (Å²) in [4.78, 5) is 9.01. The van der Waals surface area contributed by atoms with Crippen molar-refractivity contribution in [3.05, 3.63) is 66.0 Å². The number of benzene rings is 2. The molecule has 0 fully saturated rings. The van der Waals surface area contributed by atoms with Crippen LogP contribution in [0.4, 0.5) is 5.82 Å². The average Bonchev–Trinajstić information content (AvgIpc) is 3.04. The summed E-state index contributed by atoms with van der Waals surface area (Å²) < 4.78 is 28.1. The largest absolute Gasteiger partial charge is 0.263 e. The fraction of sp³-hybridized carbons (Fsp3) is 0.105. The SMILES string of the molecule is Cc1ccc(S(=O)(=O)Nc2n[nH]c3nc(C)nc(-c4ccccc4)c23)cc1.